The molecule has 0 radical (unpaired) electrons. The first-order valence-electron chi connectivity index (χ1n) is 10.6. The van der Waals surface area contributed by atoms with Crippen LogP contribution in [0.4, 0.5) is 0 Å². The molecule has 12 nitrogen and oxygen atoms in total. The van der Waals surface area contributed by atoms with Gasteiger partial charge in [-0.3, -0.25) is 9.13 Å². The molecule has 2 aromatic heterocycles. The van der Waals surface area contributed by atoms with E-state index in [1.165, 1.54) is 30.7 Å². The van der Waals surface area contributed by atoms with Crippen LogP contribution in [0.15, 0.2) is 32.0 Å². The summed E-state index contributed by atoms with van der Waals surface area (Å²) in [6.07, 6.45) is -1.11. The standard InChI is InChI=1S/C20H26N4O8S2/c1-9-5-23(15-3-11(27)13(7-25)31-15)19(29)21-17(9)33-34-18-10(2)6-24(20(30)22-18)16-4-12(28)14(8-26)32-16/h5-6,11-16,25-28H,3-4,7-8H2,1-2H3/t11-,12-,13+,14+,15+,16+/m0/s1. The zero-order valence-electron chi connectivity index (χ0n) is 18.5. The average molecular weight is 515 g/mol. The van der Waals surface area contributed by atoms with E-state index >= 15 is 0 Å². The smallest absolute Gasteiger partial charge is 0.350 e. The first-order valence-corrected chi connectivity index (χ1v) is 12.8. The van der Waals surface area contributed by atoms with Gasteiger partial charge < -0.3 is 29.9 Å². The molecule has 2 aromatic rings. The van der Waals surface area contributed by atoms with E-state index in [9.17, 15) is 30.0 Å². The van der Waals surface area contributed by atoms with Crippen molar-refractivity contribution in [3.63, 3.8) is 0 Å². The molecule has 6 atom stereocenters. The number of aliphatic hydroxyl groups excluding tert-OH is 4. The number of hydrogen-bond acceptors (Lipinski definition) is 12. The molecule has 2 aliphatic heterocycles. The lowest BCUT2D eigenvalue weighted by Crippen LogP contribution is -2.28. The van der Waals surface area contributed by atoms with Gasteiger partial charge in [-0.2, -0.15) is 9.97 Å². The van der Waals surface area contributed by atoms with Gasteiger partial charge in [0.1, 0.15) is 34.7 Å². The molecule has 0 bridgehead atoms. The summed E-state index contributed by atoms with van der Waals surface area (Å²) in [4.78, 5) is 33.4. The van der Waals surface area contributed by atoms with Crippen LogP contribution in [0, 0.1) is 13.8 Å². The molecule has 34 heavy (non-hydrogen) atoms. The Balaban J connectivity index is 1.47. The van der Waals surface area contributed by atoms with Gasteiger partial charge in [0.2, 0.25) is 0 Å². The Labute approximate surface area is 202 Å². The summed E-state index contributed by atoms with van der Waals surface area (Å²) in [7, 11) is 2.37. The Hall–Kier alpha value is -1.78. The fourth-order valence-electron chi connectivity index (χ4n) is 3.86. The Morgan fingerprint density at radius 3 is 1.56 bits per heavy atom. The van der Waals surface area contributed by atoms with E-state index in [0.717, 1.165) is 0 Å². The summed E-state index contributed by atoms with van der Waals surface area (Å²) in [6.45, 7) is 2.87. The number of aryl methyl sites for hydroxylation is 2. The molecule has 4 rings (SSSR count). The highest BCUT2D eigenvalue weighted by molar-refractivity contribution is 8.76. The largest absolute Gasteiger partial charge is 0.394 e. The summed E-state index contributed by atoms with van der Waals surface area (Å²) in [6, 6.07) is 0. The number of aliphatic hydroxyl groups is 4. The third-order valence-electron chi connectivity index (χ3n) is 5.76. The molecular weight excluding hydrogens is 488 g/mol. The van der Waals surface area contributed by atoms with Gasteiger partial charge in [0.05, 0.1) is 25.4 Å². The predicted molar refractivity (Wildman–Crippen MR) is 121 cm³/mol. The van der Waals surface area contributed by atoms with Crippen LogP contribution < -0.4 is 11.4 Å². The number of nitrogens with zero attached hydrogens (tertiary/aromatic N) is 4. The normalized spacial score (nSPS) is 29.1. The van der Waals surface area contributed by atoms with E-state index in [4.69, 9.17) is 9.47 Å². The van der Waals surface area contributed by atoms with Crippen LogP contribution in [0.5, 0.6) is 0 Å². The first-order chi connectivity index (χ1) is 16.2. The molecule has 186 valence electrons. The van der Waals surface area contributed by atoms with E-state index in [2.05, 4.69) is 9.97 Å². The van der Waals surface area contributed by atoms with Gasteiger partial charge in [0.25, 0.3) is 0 Å². The molecule has 0 aliphatic carbocycles. The van der Waals surface area contributed by atoms with Crippen molar-refractivity contribution in [3.05, 3.63) is 44.5 Å². The van der Waals surface area contributed by atoms with Gasteiger partial charge >= 0.3 is 11.4 Å². The maximum atomic E-state index is 12.6. The van der Waals surface area contributed by atoms with Gasteiger partial charge in [0, 0.05) is 25.2 Å². The van der Waals surface area contributed by atoms with Crippen molar-refractivity contribution >= 4 is 21.6 Å². The number of hydrogen-bond donors (Lipinski definition) is 4. The molecule has 4 heterocycles. The van der Waals surface area contributed by atoms with Gasteiger partial charge in [-0.15, -0.1) is 0 Å². The molecular formula is C20H26N4O8S2. The number of ether oxygens (including phenoxy) is 2. The summed E-state index contributed by atoms with van der Waals surface area (Å²) in [5.74, 6) is 0. The van der Waals surface area contributed by atoms with Crippen LogP contribution in [0.3, 0.4) is 0 Å². The number of aromatic nitrogens is 4. The van der Waals surface area contributed by atoms with Gasteiger partial charge in [0.15, 0.2) is 0 Å². The number of rotatable bonds is 7. The monoisotopic (exact) mass is 514 g/mol. The molecule has 0 spiro atoms. The van der Waals surface area contributed by atoms with Crippen molar-refractivity contribution in [1.82, 2.24) is 19.1 Å². The summed E-state index contributed by atoms with van der Waals surface area (Å²) in [5, 5.41) is 39.2. The van der Waals surface area contributed by atoms with E-state index in [-0.39, 0.29) is 26.1 Å². The molecule has 2 fully saturated rings. The zero-order chi connectivity index (χ0) is 24.6. The van der Waals surface area contributed by atoms with Crippen LogP contribution >= 0.6 is 21.6 Å². The van der Waals surface area contributed by atoms with Crippen LogP contribution in [0.25, 0.3) is 0 Å². The van der Waals surface area contributed by atoms with E-state index < -0.39 is 48.3 Å². The topological polar surface area (TPSA) is 169 Å². The van der Waals surface area contributed by atoms with Gasteiger partial charge in [-0.1, -0.05) is 0 Å². The lowest BCUT2D eigenvalue weighted by atomic mass is 10.2. The summed E-state index contributed by atoms with van der Waals surface area (Å²) < 4.78 is 13.7. The highest BCUT2D eigenvalue weighted by Crippen LogP contribution is 2.38. The predicted octanol–water partition coefficient (Wildman–Crippen LogP) is -0.502. The molecule has 4 N–H and O–H groups in total. The second-order valence-corrected chi connectivity index (χ2v) is 10.3. The minimum absolute atomic E-state index is 0.174. The third kappa shape index (κ3) is 5.09. The van der Waals surface area contributed by atoms with Crippen molar-refractivity contribution in [3.8, 4) is 0 Å². The SMILES string of the molecule is Cc1cn([C@H]2C[C@H](O)[C@@H](CO)O2)c(=O)nc1SSc1nc(=O)n([C@H]2C[C@H](O)[C@@H](CO)O2)cc1C. The highest BCUT2D eigenvalue weighted by Gasteiger charge is 2.36. The van der Waals surface area contributed by atoms with E-state index in [1.807, 2.05) is 0 Å². The zero-order valence-corrected chi connectivity index (χ0v) is 20.1. The lowest BCUT2D eigenvalue weighted by molar-refractivity contribution is -0.0460. The van der Waals surface area contributed by atoms with Crippen LogP contribution in [-0.4, -0.2) is 77.2 Å². The molecule has 2 saturated heterocycles. The minimum atomic E-state index is -0.865. The fraction of sp³-hybridized carbons (Fsp3) is 0.600. The second kappa shape index (κ2) is 10.5. The Morgan fingerprint density at radius 2 is 1.24 bits per heavy atom. The van der Waals surface area contributed by atoms with E-state index in [1.54, 1.807) is 26.2 Å². The second-order valence-electron chi connectivity index (χ2n) is 8.23. The van der Waals surface area contributed by atoms with Crippen LogP contribution in [0.2, 0.25) is 0 Å². The average Bonchev–Trinajstić information content (AvgIpc) is 3.37. The quantitative estimate of drug-likeness (QED) is 0.276. The Bertz CT molecular complexity index is 1070. The molecule has 0 aromatic carbocycles. The van der Waals surface area contributed by atoms with Gasteiger partial charge in [-0.05, 0) is 46.6 Å². The molecule has 2 aliphatic rings. The summed E-state index contributed by atoms with van der Waals surface area (Å²) in [5.41, 5.74) is 0.272. The van der Waals surface area contributed by atoms with Gasteiger partial charge in [-0.25, -0.2) is 9.59 Å². The van der Waals surface area contributed by atoms with Crippen molar-refractivity contribution in [2.75, 3.05) is 13.2 Å². The Kier molecular flexibility index (Phi) is 7.79. The Morgan fingerprint density at radius 1 is 0.853 bits per heavy atom. The van der Waals surface area contributed by atoms with Crippen molar-refractivity contribution < 1.29 is 29.9 Å². The first kappa shape index (κ1) is 25.3. The molecule has 14 heteroatoms. The van der Waals surface area contributed by atoms with Crippen LogP contribution in [0.1, 0.15) is 36.4 Å². The minimum Gasteiger partial charge on any atom is -0.394 e. The molecule has 0 saturated carbocycles. The molecule has 0 unspecified atom stereocenters. The van der Waals surface area contributed by atoms with Crippen LogP contribution in [-0.2, 0) is 9.47 Å². The fourth-order valence-corrected chi connectivity index (χ4v) is 6.11. The van der Waals surface area contributed by atoms with Crippen molar-refractivity contribution in [2.45, 2.75) is 73.6 Å². The van der Waals surface area contributed by atoms with Crippen molar-refractivity contribution in [2.24, 2.45) is 0 Å². The highest BCUT2D eigenvalue weighted by atomic mass is 33.1. The maximum Gasteiger partial charge on any atom is 0.350 e. The molecule has 0 amide bonds. The third-order valence-corrected chi connectivity index (χ3v) is 8.19. The van der Waals surface area contributed by atoms with E-state index in [0.29, 0.717) is 21.2 Å². The van der Waals surface area contributed by atoms with Crippen molar-refractivity contribution in [1.29, 1.82) is 0 Å². The maximum absolute atomic E-state index is 12.6. The lowest BCUT2D eigenvalue weighted by Gasteiger charge is -2.16. The summed E-state index contributed by atoms with van der Waals surface area (Å²) >= 11 is 0.